The van der Waals surface area contributed by atoms with E-state index in [2.05, 4.69) is 25.9 Å². The molecule has 3 nitrogen and oxygen atoms in total. The summed E-state index contributed by atoms with van der Waals surface area (Å²) in [6, 6.07) is 7.62. The van der Waals surface area contributed by atoms with Gasteiger partial charge in [0.15, 0.2) is 5.82 Å². The van der Waals surface area contributed by atoms with Crippen LogP contribution in [0.1, 0.15) is 17.1 Å². The van der Waals surface area contributed by atoms with E-state index < -0.39 is 0 Å². The van der Waals surface area contributed by atoms with Gasteiger partial charge in [0.2, 0.25) is 0 Å². The Labute approximate surface area is 119 Å². The fourth-order valence-corrected chi connectivity index (χ4v) is 2.38. The number of rotatable bonds is 3. The van der Waals surface area contributed by atoms with Crippen molar-refractivity contribution in [2.24, 2.45) is 0 Å². The number of hydrogen-bond acceptors (Lipinski definition) is 3. The Bertz CT molecular complexity index is 555. The van der Waals surface area contributed by atoms with Crippen LogP contribution in [-0.4, -0.2) is 9.97 Å². The molecule has 0 spiro atoms. The van der Waals surface area contributed by atoms with Crippen molar-refractivity contribution in [2.75, 3.05) is 0 Å². The monoisotopic (exact) mass is 326 g/mol. The first-order valence-corrected chi connectivity index (χ1v) is 6.61. The van der Waals surface area contributed by atoms with Crippen LogP contribution >= 0.6 is 27.5 Å². The summed E-state index contributed by atoms with van der Waals surface area (Å²) in [5.41, 5.74) is 2.00. The van der Waals surface area contributed by atoms with E-state index in [0.717, 1.165) is 15.9 Å². The third kappa shape index (κ3) is 3.43. The van der Waals surface area contributed by atoms with Crippen LogP contribution in [0.2, 0.25) is 5.15 Å². The van der Waals surface area contributed by atoms with Gasteiger partial charge in [-0.15, -0.1) is 0 Å². The fraction of sp³-hybridized carbons (Fsp3) is 0.231. The minimum Gasteiger partial charge on any atom is -0.484 e. The maximum atomic E-state index is 5.87. The number of aromatic nitrogens is 2. The molecule has 0 aliphatic rings. The third-order valence-corrected chi connectivity index (χ3v) is 3.13. The van der Waals surface area contributed by atoms with E-state index in [4.69, 9.17) is 16.3 Å². The number of halogens is 2. The minimum absolute atomic E-state index is 0.295. The van der Waals surface area contributed by atoms with Crippen LogP contribution in [0.5, 0.6) is 5.75 Å². The second kappa shape index (κ2) is 5.67. The van der Waals surface area contributed by atoms with Crippen molar-refractivity contribution >= 4 is 27.5 Å². The number of aryl methyl sites for hydroxylation is 2. The maximum absolute atomic E-state index is 5.87. The predicted molar refractivity (Wildman–Crippen MR) is 75.0 cm³/mol. The SMILES string of the molecule is Cc1ccc(OCc2nc(C)cc(Cl)n2)c(Br)c1. The molecule has 0 saturated heterocycles. The van der Waals surface area contributed by atoms with Crippen molar-refractivity contribution in [3.8, 4) is 5.75 Å². The fourth-order valence-electron chi connectivity index (χ4n) is 1.52. The second-order valence-electron chi connectivity index (χ2n) is 3.97. The van der Waals surface area contributed by atoms with Crippen LogP contribution in [0.25, 0.3) is 0 Å². The van der Waals surface area contributed by atoms with Gasteiger partial charge in [-0.2, -0.15) is 0 Å². The van der Waals surface area contributed by atoms with E-state index in [1.807, 2.05) is 32.0 Å². The van der Waals surface area contributed by atoms with Gasteiger partial charge in [0, 0.05) is 5.69 Å². The molecule has 1 aromatic heterocycles. The van der Waals surface area contributed by atoms with Crippen molar-refractivity contribution in [1.29, 1.82) is 0 Å². The Morgan fingerprint density at radius 1 is 1.22 bits per heavy atom. The van der Waals surface area contributed by atoms with E-state index in [1.165, 1.54) is 5.56 Å². The maximum Gasteiger partial charge on any atom is 0.167 e. The normalized spacial score (nSPS) is 10.4. The first kappa shape index (κ1) is 13.3. The van der Waals surface area contributed by atoms with Gasteiger partial charge < -0.3 is 4.74 Å². The van der Waals surface area contributed by atoms with Gasteiger partial charge >= 0.3 is 0 Å². The van der Waals surface area contributed by atoms with Crippen LogP contribution in [0.15, 0.2) is 28.7 Å². The molecule has 18 heavy (non-hydrogen) atoms. The van der Waals surface area contributed by atoms with E-state index in [1.54, 1.807) is 6.07 Å². The molecule has 0 radical (unpaired) electrons. The highest BCUT2D eigenvalue weighted by Gasteiger charge is 2.05. The molecule has 2 rings (SSSR count). The first-order chi connectivity index (χ1) is 8.54. The molecule has 1 heterocycles. The lowest BCUT2D eigenvalue weighted by atomic mass is 10.2. The molecule has 0 N–H and O–H groups in total. The van der Waals surface area contributed by atoms with Crippen LogP contribution in [0, 0.1) is 13.8 Å². The highest BCUT2D eigenvalue weighted by Crippen LogP contribution is 2.26. The quantitative estimate of drug-likeness (QED) is 0.797. The zero-order valence-corrected chi connectivity index (χ0v) is 12.4. The van der Waals surface area contributed by atoms with Crippen LogP contribution in [0.3, 0.4) is 0 Å². The zero-order chi connectivity index (χ0) is 13.1. The molecule has 0 bridgehead atoms. The van der Waals surface area contributed by atoms with E-state index in [9.17, 15) is 0 Å². The van der Waals surface area contributed by atoms with E-state index in [0.29, 0.717) is 17.6 Å². The Hall–Kier alpha value is -1.13. The highest BCUT2D eigenvalue weighted by molar-refractivity contribution is 9.10. The largest absolute Gasteiger partial charge is 0.484 e. The van der Waals surface area contributed by atoms with Crippen molar-refractivity contribution in [3.05, 3.63) is 51.0 Å². The van der Waals surface area contributed by atoms with Gasteiger partial charge in [-0.3, -0.25) is 0 Å². The minimum atomic E-state index is 0.295. The molecule has 0 saturated carbocycles. The number of nitrogens with zero attached hydrogens (tertiary/aromatic N) is 2. The summed E-state index contributed by atoms with van der Waals surface area (Å²) in [7, 11) is 0. The summed E-state index contributed by atoms with van der Waals surface area (Å²) >= 11 is 9.33. The number of ether oxygens (including phenoxy) is 1. The first-order valence-electron chi connectivity index (χ1n) is 5.43. The molecule has 94 valence electrons. The van der Waals surface area contributed by atoms with Crippen molar-refractivity contribution in [3.63, 3.8) is 0 Å². The van der Waals surface area contributed by atoms with E-state index in [-0.39, 0.29) is 0 Å². The van der Waals surface area contributed by atoms with Crippen LogP contribution in [0.4, 0.5) is 0 Å². The molecule has 0 aliphatic heterocycles. The van der Waals surface area contributed by atoms with E-state index >= 15 is 0 Å². The van der Waals surface area contributed by atoms with Gasteiger partial charge in [0.25, 0.3) is 0 Å². The second-order valence-corrected chi connectivity index (χ2v) is 5.21. The molecule has 0 unspecified atom stereocenters. The smallest absolute Gasteiger partial charge is 0.167 e. The van der Waals surface area contributed by atoms with Crippen molar-refractivity contribution in [2.45, 2.75) is 20.5 Å². The summed E-state index contributed by atoms with van der Waals surface area (Å²) < 4.78 is 6.58. The van der Waals surface area contributed by atoms with Gasteiger partial charge in [0.1, 0.15) is 17.5 Å². The van der Waals surface area contributed by atoms with Crippen molar-refractivity contribution < 1.29 is 4.74 Å². The average molecular weight is 328 g/mol. The molecule has 2 aromatic rings. The summed E-state index contributed by atoms with van der Waals surface area (Å²) in [6.07, 6.45) is 0. The molecule has 0 atom stereocenters. The average Bonchev–Trinajstić information content (AvgIpc) is 2.26. The van der Waals surface area contributed by atoms with Crippen molar-refractivity contribution in [1.82, 2.24) is 9.97 Å². The number of benzene rings is 1. The molecule has 1 aromatic carbocycles. The molecule has 0 aliphatic carbocycles. The zero-order valence-electron chi connectivity index (χ0n) is 10.1. The lowest BCUT2D eigenvalue weighted by Gasteiger charge is -2.08. The molecule has 0 amide bonds. The summed E-state index contributed by atoms with van der Waals surface area (Å²) in [5, 5.41) is 0.434. The summed E-state index contributed by atoms with van der Waals surface area (Å²) in [6.45, 7) is 4.19. The Balaban J connectivity index is 2.11. The molecule has 0 fully saturated rings. The predicted octanol–water partition coefficient (Wildman–Crippen LogP) is 4.09. The standard InChI is InChI=1S/C13H12BrClN2O/c1-8-3-4-11(10(14)5-8)18-7-13-16-9(2)6-12(15)17-13/h3-6H,7H2,1-2H3. The number of hydrogen-bond donors (Lipinski definition) is 0. The topological polar surface area (TPSA) is 35.0 Å². The summed E-state index contributed by atoms with van der Waals surface area (Å²) in [5.74, 6) is 1.34. The van der Waals surface area contributed by atoms with Crippen LogP contribution < -0.4 is 4.74 Å². The van der Waals surface area contributed by atoms with Gasteiger partial charge in [0.05, 0.1) is 4.47 Å². The van der Waals surface area contributed by atoms with Gasteiger partial charge in [-0.25, -0.2) is 9.97 Å². The Kier molecular flexibility index (Phi) is 4.19. The lowest BCUT2D eigenvalue weighted by molar-refractivity contribution is 0.293. The Morgan fingerprint density at radius 3 is 2.67 bits per heavy atom. The lowest BCUT2D eigenvalue weighted by Crippen LogP contribution is -2.03. The molecular formula is C13H12BrClN2O. The Morgan fingerprint density at radius 2 is 2.00 bits per heavy atom. The van der Waals surface area contributed by atoms with Crippen LogP contribution in [-0.2, 0) is 6.61 Å². The highest BCUT2D eigenvalue weighted by atomic mass is 79.9. The van der Waals surface area contributed by atoms with Gasteiger partial charge in [-0.1, -0.05) is 17.7 Å². The molecular weight excluding hydrogens is 316 g/mol. The summed E-state index contributed by atoms with van der Waals surface area (Å²) in [4.78, 5) is 8.37. The third-order valence-electron chi connectivity index (χ3n) is 2.31. The molecule has 5 heteroatoms. The van der Waals surface area contributed by atoms with Gasteiger partial charge in [-0.05, 0) is 53.5 Å².